The van der Waals surface area contributed by atoms with Crippen LogP contribution in [-0.4, -0.2) is 22.6 Å². The van der Waals surface area contributed by atoms with E-state index in [1.54, 1.807) is 24.3 Å². The number of hydrogen-bond acceptors (Lipinski definition) is 6. The maximum absolute atomic E-state index is 12.9. The van der Waals surface area contributed by atoms with Gasteiger partial charge in [-0.3, -0.25) is 18.7 Å². The summed E-state index contributed by atoms with van der Waals surface area (Å²) in [6, 6.07) is 13.5. The summed E-state index contributed by atoms with van der Waals surface area (Å²) < 4.78 is 46.4. The second kappa shape index (κ2) is 8.17. The van der Waals surface area contributed by atoms with Crippen LogP contribution in [0.3, 0.4) is 0 Å². The van der Waals surface area contributed by atoms with Gasteiger partial charge in [0.15, 0.2) is 0 Å². The third-order valence-corrected chi connectivity index (χ3v) is 7.08. The van der Waals surface area contributed by atoms with E-state index in [0.29, 0.717) is 11.0 Å². The maximum atomic E-state index is 12.9. The lowest BCUT2D eigenvalue weighted by atomic mass is 10.3. The Morgan fingerprint density at radius 1 is 1.03 bits per heavy atom. The van der Waals surface area contributed by atoms with Crippen LogP contribution < -0.4 is 16.0 Å². The van der Waals surface area contributed by atoms with Gasteiger partial charge in [0.05, 0.1) is 27.1 Å². The molecule has 0 aliphatic heterocycles. The van der Waals surface area contributed by atoms with Crippen molar-refractivity contribution in [2.45, 2.75) is 15.7 Å². The Kier molecular flexibility index (Phi) is 5.56. The molecule has 0 radical (unpaired) electrons. The molecular formula is C19H14ClN3O6S2. The van der Waals surface area contributed by atoms with Gasteiger partial charge in [0.1, 0.15) is 5.58 Å². The van der Waals surface area contributed by atoms with E-state index in [4.69, 9.17) is 16.0 Å². The molecule has 1 unspecified atom stereocenters. The molecule has 12 heteroatoms. The lowest BCUT2D eigenvalue weighted by Gasteiger charge is -2.12. The van der Waals surface area contributed by atoms with Gasteiger partial charge in [0.25, 0.3) is 15.6 Å². The number of aromatic amines is 2. The molecule has 160 valence electrons. The van der Waals surface area contributed by atoms with Crippen LogP contribution in [0.15, 0.2) is 78.6 Å². The van der Waals surface area contributed by atoms with E-state index in [-0.39, 0.29) is 32.1 Å². The number of anilines is 1. The van der Waals surface area contributed by atoms with Gasteiger partial charge in [0.2, 0.25) is 5.09 Å². The van der Waals surface area contributed by atoms with Gasteiger partial charge in [0, 0.05) is 28.2 Å². The molecule has 0 aliphatic rings. The summed E-state index contributed by atoms with van der Waals surface area (Å²) in [6.07, 6.45) is 0. The molecule has 4 rings (SSSR count). The zero-order valence-electron chi connectivity index (χ0n) is 15.5. The van der Waals surface area contributed by atoms with E-state index in [2.05, 4.69) is 9.71 Å². The molecule has 4 aromatic rings. The van der Waals surface area contributed by atoms with E-state index >= 15 is 0 Å². The van der Waals surface area contributed by atoms with E-state index in [0.717, 1.165) is 6.07 Å². The molecule has 2 heterocycles. The standard InChI is InChI=1S/C19H14ClN3O6S2/c20-12-5-6-16(30(26)10-13-9-17(24)22-19(25)21-13)14(8-12)23-31(27,28)18-7-11-3-1-2-4-15(11)29-18/h1-9,23H,10H2,(H2,21,22,24,25). The first-order valence-electron chi connectivity index (χ1n) is 8.73. The quantitative estimate of drug-likeness (QED) is 0.388. The average Bonchev–Trinajstić information content (AvgIpc) is 3.12. The van der Waals surface area contributed by atoms with Crippen LogP contribution in [-0.2, 0) is 26.6 Å². The minimum Gasteiger partial charge on any atom is -0.443 e. The van der Waals surface area contributed by atoms with Crippen LogP contribution in [0.25, 0.3) is 11.0 Å². The highest BCUT2D eigenvalue weighted by Gasteiger charge is 2.23. The number of furan rings is 1. The molecule has 0 fully saturated rings. The molecule has 0 amide bonds. The van der Waals surface area contributed by atoms with Crippen molar-refractivity contribution in [2.24, 2.45) is 0 Å². The van der Waals surface area contributed by atoms with E-state index in [9.17, 15) is 22.2 Å². The van der Waals surface area contributed by atoms with Gasteiger partial charge in [-0.15, -0.1) is 0 Å². The summed E-state index contributed by atoms with van der Waals surface area (Å²) >= 11 is 6.01. The Labute approximate surface area is 182 Å². The van der Waals surface area contributed by atoms with Gasteiger partial charge >= 0.3 is 5.69 Å². The van der Waals surface area contributed by atoms with Gasteiger partial charge in [-0.05, 0) is 24.3 Å². The fourth-order valence-corrected chi connectivity index (χ4v) is 5.33. The Balaban J connectivity index is 1.68. The number of para-hydroxylation sites is 1. The van der Waals surface area contributed by atoms with Crippen LogP contribution in [0.5, 0.6) is 0 Å². The van der Waals surface area contributed by atoms with Gasteiger partial charge < -0.3 is 9.40 Å². The largest absolute Gasteiger partial charge is 0.443 e. The molecule has 1 atom stereocenters. The fourth-order valence-electron chi connectivity index (χ4n) is 2.88. The summed E-state index contributed by atoms with van der Waals surface area (Å²) in [6.45, 7) is 0. The summed E-state index contributed by atoms with van der Waals surface area (Å²) in [5.41, 5.74) is -0.860. The zero-order chi connectivity index (χ0) is 22.2. The van der Waals surface area contributed by atoms with Crippen LogP contribution in [0.2, 0.25) is 5.02 Å². The Hall–Kier alpha value is -3.15. The molecule has 2 aromatic carbocycles. The summed E-state index contributed by atoms with van der Waals surface area (Å²) in [4.78, 5) is 27.4. The molecule has 3 N–H and O–H groups in total. The lowest BCUT2D eigenvalue weighted by Crippen LogP contribution is -2.23. The van der Waals surface area contributed by atoms with Gasteiger partial charge in [-0.1, -0.05) is 29.8 Å². The number of rotatable bonds is 6. The predicted octanol–water partition coefficient (Wildman–Crippen LogP) is 2.57. The van der Waals surface area contributed by atoms with Crippen LogP contribution in [0.4, 0.5) is 5.69 Å². The lowest BCUT2D eigenvalue weighted by molar-refractivity contribution is 0.484. The monoisotopic (exact) mass is 479 g/mol. The molecular weight excluding hydrogens is 466 g/mol. The van der Waals surface area contributed by atoms with Gasteiger partial charge in [-0.2, -0.15) is 8.42 Å². The first-order chi connectivity index (χ1) is 14.7. The maximum Gasteiger partial charge on any atom is 0.325 e. The number of sulfonamides is 1. The zero-order valence-corrected chi connectivity index (χ0v) is 17.9. The highest BCUT2D eigenvalue weighted by Crippen LogP contribution is 2.29. The Morgan fingerprint density at radius 2 is 1.81 bits per heavy atom. The third-order valence-electron chi connectivity index (χ3n) is 4.20. The van der Waals surface area contributed by atoms with Crippen molar-refractivity contribution in [3.8, 4) is 0 Å². The Bertz CT molecular complexity index is 1480. The normalized spacial score (nSPS) is 12.7. The number of aromatic nitrogens is 2. The molecule has 0 saturated carbocycles. The highest BCUT2D eigenvalue weighted by atomic mass is 35.5. The smallest absolute Gasteiger partial charge is 0.325 e. The van der Waals surface area contributed by atoms with Crippen molar-refractivity contribution in [1.82, 2.24) is 9.97 Å². The number of benzene rings is 2. The first-order valence-corrected chi connectivity index (χ1v) is 11.9. The number of fused-ring (bicyclic) bond motifs is 1. The van der Waals surface area contributed by atoms with Crippen molar-refractivity contribution in [3.05, 3.63) is 86.2 Å². The second-order valence-corrected chi connectivity index (χ2v) is 9.92. The van der Waals surface area contributed by atoms with E-state index < -0.39 is 32.1 Å². The molecule has 2 aromatic heterocycles. The summed E-state index contributed by atoms with van der Waals surface area (Å²) in [5, 5.41) is 0.507. The third kappa shape index (κ3) is 4.63. The van der Waals surface area contributed by atoms with Crippen molar-refractivity contribution in [2.75, 3.05) is 4.72 Å². The summed E-state index contributed by atoms with van der Waals surface area (Å²) in [7, 11) is -5.97. The predicted molar refractivity (Wildman–Crippen MR) is 116 cm³/mol. The van der Waals surface area contributed by atoms with E-state index in [1.807, 2.05) is 4.98 Å². The van der Waals surface area contributed by atoms with Crippen LogP contribution >= 0.6 is 11.6 Å². The topological polar surface area (TPSA) is 142 Å². The highest BCUT2D eigenvalue weighted by molar-refractivity contribution is 7.92. The second-order valence-electron chi connectivity index (χ2n) is 6.45. The van der Waals surface area contributed by atoms with Crippen LogP contribution in [0.1, 0.15) is 5.69 Å². The molecule has 9 nitrogen and oxygen atoms in total. The summed E-state index contributed by atoms with van der Waals surface area (Å²) in [5.74, 6) is -0.222. The van der Waals surface area contributed by atoms with Crippen LogP contribution in [0, 0.1) is 0 Å². The molecule has 0 saturated heterocycles. The first kappa shape index (κ1) is 21.1. The molecule has 0 aliphatic carbocycles. The molecule has 0 bridgehead atoms. The average molecular weight is 480 g/mol. The van der Waals surface area contributed by atoms with Crippen molar-refractivity contribution >= 4 is 49.1 Å². The van der Waals surface area contributed by atoms with Crippen molar-refractivity contribution in [3.63, 3.8) is 0 Å². The van der Waals surface area contributed by atoms with E-state index in [1.165, 1.54) is 24.3 Å². The number of halogens is 1. The van der Waals surface area contributed by atoms with Gasteiger partial charge in [-0.25, -0.2) is 4.79 Å². The Morgan fingerprint density at radius 3 is 2.55 bits per heavy atom. The molecule has 0 spiro atoms. The minimum atomic E-state index is -4.16. The number of hydrogen-bond donors (Lipinski definition) is 3. The minimum absolute atomic E-state index is 0.0153. The number of nitrogens with one attached hydrogen (secondary N) is 3. The van der Waals surface area contributed by atoms with Crippen molar-refractivity contribution < 1.29 is 17.0 Å². The SMILES string of the molecule is O=c1cc(CS(=O)c2ccc(Cl)cc2NS(=O)(=O)c2cc3ccccc3o2)[nH]c(=O)[nH]1. The van der Waals surface area contributed by atoms with Crippen molar-refractivity contribution in [1.29, 1.82) is 0 Å². The fraction of sp³-hybridized carbons (Fsp3) is 0.0526. The number of H-pyrrole nitrogens is 2. The molecule has 31 heavy (non-hydrogen) atoms.